The van der Waals surface area contributed by atoms with E-state index in [4.69, 9.17) is 14.4 Å². The lowest BCUT2D eigenvalue weighted by molar-refractivity contribution is -0.113. The van der Waals surface area contributed by atoms with Gasteiger partial charge in [-0.15, -0.1) is 0 Å². The number of hydrogen-bond acceptors (Lipinski definition) is 5. The number of ether oxygens (including phenoxy) is 1. The van der Waals surface area contributed by atoms with Gasteiger partial charge >= 0.3 is 0 Å². The zero-order chi connectivity index (χ0) is 24.9. The van der Waals surface area contributed by atoms with E-state index in [9.17, 15) is 9.59 Å². The minimum absolute atomic E-state index is 0.0127. The average molecular weight is 479 g/mol. The van der Waals surface area contributed by atoms with E-state index in [-0.39, 0.29) is 12.5 Å². The summed E-state index contributed by atoms with van der Waals surface area (Å²) in [6, 6.07) is 29.0. The fraction of sp³-hybridized carbons (Fsp3) is 0.0345. The molecule has 0 bridgehead atoms. The number of para-hydroxylation sites is 2. The largest absolute Gasteiger partial charge is 0.489 e. The van der Waals surface area contributed by atoms with Gasteiger partial charge in [0.05, 0.1) is 5.57 Å². The molecule has 0 aliphatic rings. The Balaban J connectivity index is 1.41. The van der Waals surface area contributed by atoms with Crippen molar-refractivity contribution in [2.75, 3.05) is 11.9 Å². The number of rotatable bonds is 7. The first-order valence-corrected chi connectivity index (χ1v) is 11.3. The molecule has 0 unspecified atom stereocenters. The van der Waals surface area contributed by atoms with Crippen molar-refractivity contribution in [1.29, 1.82) is 0 Å². The smallest absolute Gasteiger partial charge is 0.274 e. The van der Waals surface area contributed by atoms with Crippen LogP contribution in [-0.4, -0.2) is 23.6 Å². The number of anilines is 1. The van der Waals surface area contributed by atoms with Crippen molar-refractivity contribution in [2.24, 2.45) is 0 Å². The third kappa shape index (κ3) is 4.96. The number of benzene rings is 4. The maximum absolute atomic E-state index is 13.1. The van der Waals surface area contributed by atoms with Crippen LogP contribution in [-0.2, 0) is 4.79 Å². The highest BCUT2D eigenvalue weighted by atomic mass is 16.5. The molecule has 5 aromatic rings. The maximum atomic E-state index is 13.1. The SMILES string of the molecule is O=C(Nc1ccccc1)C(=Cc1ccc(C(=O)NO)cc1)COc1ccc2oc3ccccc3c2c1. The summed E-state index contributed by atoms with van der Waals surface area (Å²) < 4.78 is 11.9. The van der Waals surface area contributed by atoms with Gasteiger partial charge in [-0.25, -0.2) is 5.48 Å². The lowest BCUT2D eigenvalue weighted by Crippen LogP contribution is -2.19. The van der Waals surface area contributed by atoms with Crippen LogP contribution in [0.15, 0.2) is 107 Å². The maximum Gasteiger partial charge on any atom is 0.274 e. The summed E-state index contributed by atoms with van der Waals surface area (Å²) in [4.78, 5) is 24.7. The van der Waals surface area contributed by atoms with E-state index in [2.05, 4.69) is 5.32 Å². The van der Waals surface area contributed by atoms with Gasteiger partial charge in [0.1, 0.15) is 23.5 Å². The van der Waals surface area contributed by atoms with Crippen LogP contribution in [0.3, 0.4) is 0 Å². The van der Waals surface area contributed by atoms with Crippen molar-refractivity contribution in [2.45, 2.75) is 0 Å². The number of carbonyl (C=O) groups is 2. The van der Waals surface area contributed by atoms with Gasteiger partial charge in [-0.2, -0.15) is 0 Å². The van der Waals surface area contributed by atoms with Gasteiger partial charge in [-0.3, -0.25) is 14.8 Å². The molecule has 3 N–H and O–H groups in total. The molecule has 2 amide bonds. The predicted molar refractivity (Wildman–Crippen MR) is 138 cm³/mol. The molecule has 0 aliphatic carbocycles. The fourth-order valence-electron chi connectivity index (χ4n) is 3.86. The van der Waals surface area contributed by atoms with E-state index in [0.29, 0.717) is 28.1 Å². The first kappa shape index (κ1) is 22.9. The van der Waals surface area contributed by atoms with E-state index < -0.39 is 5.91 Å². The van der Waals surface area contributed by atoms with Gasteiger partial charge < -0.3 is 14.5 Å². The lowest BCUT2D eigenvalue weighted by Gasteiger charge is -2.12. The van der Waals surface area contributed by atoms with Crippen LogP contribution in [0.4, 0.5) is 5.69 Å². The third-order valence-electron chi connectivity index (χ3n) is 5.68. The van der Waals surface area contributed by atoms with Crippen LogP contribution in [0.25, 0.3) is 28.0 Å². The molecule has 0 radical (unpaired) electrons. The molecule has 7 heteroatoms. The highest BCUT2D eigenvalue weighted by Crippen LogP contribution is 2.31. The number of carbonyl (C=O) groups excluding carboxylic acids is 2. The molecule has 1 heterocycles. The summed E-state index contributed by atoms with van der Waals surface area (Å²) in [5.74, 6) is -0.325. The second-order valence-corrected chi connectivity index (χ2v) is 8.10. The monoisotopic (exact) mass is 478 g/mol. The summed E-state index contributed by atoms with van der Waals surface area (Å²) in [6.07, 6.45) is 1.70. The van der Waals surface area contributed by atoms with Gasteiger partial charge in [0.15, 0.2) is 0 Å². The third-order valence-corrected chi connectivity index (χ3v) is 5.68. The molecule has 1 aromatic heterocycles. The zero-order valence-corrected chi connectivity index (χ0v) is 19.1. The number of fused-ring (bicyclic) bond motifs is 3. The Morgan fingerprint density at radius 2 is 1.56 bits per heavy atom. The Morgan fingerprint density at radius 1 is 0.833 bits per heavy atom. The predicted octanol–water partition coefficient (Wildman–Crippen LogP) is 5.81. The molecule has 0 fully saturated rings. The molecule has 0 atom stereocenters. The molecule has 0 saturated carbocycles. The Morgan fingerprint density at radius 3 is 2.33 bits per heavy atom. The summed E-state index contributed by atoms with van der Waals surface area (Å²) >= 11 is 0. The first-order valence-electron chi connectivity index (χ1n) is 11.3. The highest BCUT2D eigenvalue weighted by Gasteiger charge is 2.13. The lowest BCUT2D eigenvalue weighted by atomic mass is 10.1. The van der Waals surface area contributed by atoms with Crippen LogP contribution in [0.2, 0.25) is 0 Å². The van der Waals surface area contributed by atoms with Crippen LogP contribution in [0, 0.1) is 0 Å². The minimum Gasteiger partial charge on any atom is -0.489 e. The molecular weight excluding hydrogens is 456 g/mol. The average Bonchev–Trinajstić information content (AvgIpc) is 3.29. The number of hydroxylamine groups is 1. The van der Waals surface area contributed by atoms with Gasteiger partial charge in [-0.05, 0) is 60.2 Å². The number of furan rings is 1. The normalized spacial score (nSPS) is 11.4. The summed E-state index contributed by atoms with van der Waals surface area (Å²) in [6.45, 7) is 0.0127. The molecule has 0 saturated heterocycles. The van der Waals surface area contributed by atoms with E-state index in [1.165, 1.54) is 0 Å². The quantitative estimate of drug-likeness (QED) is 0.156. The molecule has 7 nitrogen and oxygen atoms in total. The molecule has 36 heavy (non-hydrogen) atoms. The van der Waals surface area contributed by atoms with E-state index in [1.807, 2.05) is 54.6 Å². The number of hydrogen-bond donors (Lipinski definition) is 3. The zero-order valence-electron chi connectivity index (χ0n) is 19.1. The Kier molecular flexibility index (Phi) is 6.46. The number of amides is 2. The Bertz CT molecular complexity index is 1570. The van der Waals surface area contributed by atoms with Gasteiger partial charge in [0.2, 0.25) is 0 Å². The molecule has 4 aromatic carbocycles. The number of nitrogens with one attached hydrogen (secondary N) is 2. The second-order valence-electron chi connectivity index (χ2n) is 8.10. The van der Waals surface area contributed by atoms with Crippen LogP contribution in [0.1, 0.15) is 15.9 Å². The molecule has 0 spiro atoms. The van der Waals surface area contributed by atoms with E-state index >= 15 is 0 Å². The molecule has 0 aliphatic heterocycles. The molecule has 5 rings (SSSR count). The van der Waals surface area contributed by atoms with Crippen molar-refractivity contribution >= 4 is 45.5 Å². The minimum atomic E-state index is -0.613. The van der Waals surface area contributed by atoms with Crippen molar-refractivity contribution in [3.05, 3.63) is 114 Å². The van der Waals surface area contributed by atoms with Crippen molar-refractivity contribution < 1.29 is 24.0 Å². The van der Waals surface area contributed by atoms with E-state index in [0.717, 1.165) is 21.9 Å². The van der Waals surface area contributed by atoms with Crippen LogP contribution < -0.4 is 15.5 Å². The van der Waals surface area contributed by atoms with Crippen molar-refractivity contribution in [1.82, 2.24) is 5.48 Å². The van der Waals surface area contributed by atoms with Gasteiger partial charge in [-0.1, -0.05) is 48.5 Å². The summed E-state index contributed by atoms with van der Waals surface area (Å²) in [7, 11) is 0. The van der Waals surface area contributed by atoms with Gasteiger partial charge in [0.25, 0.3) is 11.8 Å². The van der Waals surface area contributed by atoms with E-state index in [1.54, 1.807) is 54.0 Å². The summed E-state index contributed by atoms with van der Waals surface area (Å²) in [5, 5.41) is 13.6. The summed E-state index contributed by atoms with van der Waals surface area (Å²) in [5.41, 5.74) is 5.19. The fourth-order valence-corrected chi connectivity index (χ4v) is 3.86. The topological polar surface area (TPSA) is 101 Å². The highest BCUT2D eigenvalue weighted by molar-refractivity contribution is 6.07. The molecule has 178 valence electrons. The Labute approximate surface area is 206 Å². The van der Waals surface area contributed by atoms with Crippen molar-refractivity contribution in [3.8, 4) is 5.75 Å². The van der Waals surface area contributed by atoms with Crippen LogP contribution in [0.5, 0.6) is 5.75 Å². The first-order chi connectivity index (χ1) is 17.6. The Hall–Kier alpha value is -4.88. The second kappa shape index (κ2) is 10.2. The standard InChI is InChI=1S/C29H22N2O5/c32-28(30-22-6-2-1-3-7-22)21(16-19-10-12-20(13-11-19)29(33)31-34)18-35-23-14-15-27-25(17-23)24-8-4-5-9-26(24)36-27/h1-17,34H,18H2,(H,30,32)(H,31,33). The van der Waals surface area contributed by atoms with Crippen molar-refractivity contribution in [3.63, 3.8) is 0 Å². The van der Waals surface area contributed by atoms with Gasteiger partial charge in [0, 0.05) is 22.0 Å². The van der Waals surface area contributed by atoms with Crippen LogP contribution >= 0.6 is 0 Å². The molecular formula is C29H22N2O5.